The van der Waals surface area contributed by atoms with Gasteiger partial charge in [-0.25, -0.2) is 4.98 Å². The molecular weight excluding hydrogens is 438 g/mol. The molecule has 1 aromatic carbocycles. The van der Waals surface area contributed by atoms with Gasteiger partial charge in [0, 0.05) is 37.4 Å². The second-order valence-electron chi connectivity index (χ2n) is 9.77. The van der Waals surface area contributed by atoms with Gasteiger partial charge in [-0.2, -0.15) is 0 Å². The Bertz CT molecular complexity index is 1010. The van der Waals surface area contributed by atoms with E-state index in [9.17, 15) is 9.90 Å². The Balaban J connectivity index is 1.32. The van der Waals surface area contributed by atoms with Gasteiger partial charge >= 0.3 is 0 Å². The Labute approximate surface area is 200 Å². The number of carbonyl (C=O) groups excluding carboxylic acids is 1. The van der Waals surface area contributed by atoms with Gasteiger partial charge in [0.1, 0.15) is 11.6 Å². The summed E-state index contributed by atoms with van der Waals surface area (Å²) in [6.07, 6.45) is 7.86. The number of hydrogen-bond acceptors (Lipinski definition) is 5. The molecule has 3 heterocycles. The monoisotopic (exact) mass is 469 g/mol. The molecule has 1 spiro atoms. The average molecular weight is 470 g/mol. The number of likely N-dealkylation sites (tertiary alicyclic amines) is 1. The molecule has 1 N–H and O–H groups in total. The van der Waals surface area contributed by atoms with Crippen molar-refractivity contribution in [3.05, 3.63) is 41.6 Å². The van der Waals surface area contributed by atoms with Crippen LogP contribution in [-0.4, -0.2) is 59.8 Å². The van der Waals surface area contributed by atoms with Gasteiger partial charge in [0.05, 0.1) is 23.7 Å². The van der Waals surface area contributed by atoms with Gasteiger partial charge in [-0.3, -0.25) is 4.79 Å². The number of piperidine rings is 1. The van der Waals surface area contributed by atoms with E-state index in [1.165, 1.54) is 0 Å². The zero-order chi connectivity index (χ0) is 23.0. The molecule has 0 bridgehead atoms. The van der Waals surface area contributed by atoms with E-state index in [1.807, 2.05) is 36.5 Å². The molecule has 2 aromatic rings. The fraction of sp³-hybridized carbons (Fsp3) is 0.538. The number of rotatable bonds is 4. The van der Waals surface area contributed by atoms with Crippen LogP contribution in [0, 0.1) is 5.41 Å². The first-order valence-corrected chi connectivity index (χ1v) is 12.4. The molecule has 1 amide bonds. The second-order valence-corrected chi connectivity index (χ2v) is 10.2. The third kappa shape index (κ3) is 4.31. The number of benzene rings is 1. The lowest BCUT2D eigenvalue weighted by Crippen LogP contribution is -2.50. The van der Waals surface area contributed by atoms with Gasteiger partial charge in [-0.15, -0.1) is 0 Å². The fourth-order valence-corrected chi connectivity index (χ4v) is 6.15. The lowest BCUT2D eigenvalue weighted by molar-refractivity contribution is -0.139. The molecule has 7 heteroatoms. The second kappa shape index (κ2) is 9.15. The summed E-state index contributed by atoms with van der Waals surface area (Å²) in [6.45, 7) is 2.36. The summed E-state index contributed by atoms with van der Waals surface area (Å²) in [5, 5.41) is 10.5. The van der Waals surface area contributed by atoms with Crippen molar-refractivity contribution in [3.8, 4) is 16.9 Å². The van der Waals surface area contributed by atoms with Crippen molar-refractivity contribution in [2.24, 2.45) is 5.41 Å². The molecule has 1 atom stereocenters. The van der Waals surface area contributed by atoms with Crippen molar-refractivity contribution in [1.82, 2.24) is 9.88 Å². The molecule has 2 aliphatic heterocycles. The molecule has 1 aliphatic carbocycles. The maximum atomic E-state index is 13.6. The highest BCUT2D eigenvalue weighted by molar-refractivity contribution is 6.33. The molecule has 3 aliphatic rings. The van der Waals surface area contributed by atoms with Gasteiger partial charge in [-0.05, 0) is 68.7 Å². The Morgan fingerprint density at radius 1 is 1.09 bits per heavy atom. The number of anilines is 1. The summed E-state index contributed by atoms with van der Waals surface area (Å²) in [7, 11) is 1.65. The molecule has 3 fully saturated rings. The number of methoxy groups -OCH3 is 1. The first-order chi connectivity index (χ1) is 16.0. The van der Waals surface area contributed by atoms with E-state index in [-0.39, 0.29) is 17.6 Å². The van der Waals surface area contributed by atoms with Gasteiger partial charge in [0.2, 0.25) is 5.91 Å². The number of ether oxygens (including phenoxy) is 1. The summed E-state index contributed by atoms with van der Waals surface area (Å²) < 4.78 is 5.24. The van der Waals surface area contributed by atoms with Crippen molar-refractivity contribution >= 4 is 23.3 Å². The zero-order valence-corrected chi connectivity index (χ0v) is 19.9. The van der Waals surface area contributed by atoms with E-state index in [1.54, 1.807) is 7.11 Å². The maximum absolute atomic E-state index is 13.6. The SMILES string of the molecule is COc1ccc(-c2cnc(N3CCC[C@@]4(CCN([C@H]5CC[C@@H](O)CC5)C4=O)C3)c(Cl)c2)cc1. The highest BCUT2D eigenvalue weighted by Gasteiger charge is 2.51. The Kier molecular flexibility index (Phi) is 6.23. The third-order valence-corrected chi connectivity index (χ3v) is 8.05. The van der Waals surface area contributed by atoms with Crippen molar-refractivity contribution in [1.29, 1.82) is 0 Å². The molecule has 176 valence electrons. The number of carbonyl (C=O) groups is 1. The van der Waals surface area contributed by atoms with E-state index < -0.39 is 0 Å². The zero-order valence-electron chi connectivity index (χ0n) is 19.2. The molecule has 33 heavy (non-hydrogen) atoms. The van der Waals surface area contributed by atoms with Crippen molar-refractivity contribution in [2.45, 2.75) is 57.1 Å². The van der Waals surface area contributed by atoms with Gasteiger partial charge < -0.3 is 19.6 Å². The summed E-state index contributed by atoms with van der Waals surface area (Å²) in [5.41, 5.74) is 1.65. The van der Waals surface area contributed by atoms with Crippen LogP contribution in [0.1, 0.15) is 44.9 Å². The number of pyridine rings is 1. The highest BCUT2D eigenvalue weighted by atomic mass is 35.5. The minimum absolute atomic E-state index is 0.202. The van der Waals surface area contributed by atoms with Crippen molar-refractivity contribution in [3.63, 3.8) is 0 Å². The molecule has 6 nitrogen and oxygen atoms in total. The molecule has 0 radical (unpaired) electrons. The third-order valence-electron chi connectivity index (χ3n) is 7.77. The van der Waals surface area contributed by atoms with E-state index in [0.717, 1.165) is 80.7 Å². The molecule has 0 unspecified atom stereocenters. The van der Waals surface area contributed by atoms with Crippen LogP contribution >= 0.6 is 11.6 Å². The van der Waals surface area contributed by atoms with Crippen LogP contribution in [0.5, 0.6) is 5.75 Å². The standard InChI is InChI=1S/C26H32ClN3O3/c1-33-22-9-3-18(4-10-22)19-15-23(27)24(28-16-19)29-13-2-11-26(17-29)12-14-30(25(26)32)20-5-7-21(31)8-6-20/h3-4,9-10,15-16,20-21,31H,2,5-8,11-14,17H2,1H3/t20-,21+,26-/m1/s1. The number of aliphatic hydroxyl groups excluding tert-OH is 1. The number of halogens is 1. The van der Waals surface area contributed by atoms with Crippen LogP contribution in [-0.2, 0) is 4.79 Å². The molecule has 1 aromatic heterocycles. The van der Waals surface area contributed by atoms with E-state index in [2.05, 4.69) is 9.80 Å². The Morgan fingerprint density at radius 3 is 2.55 bits per heavy atom. The average Bonchev–Trinajstić information content (AvgIpc) is 3.14. The number of aliphatic hydroxyl groups is 1. The minimum Gasteiger partial charge on any atom is -0.497 e. The summed E-state index contributed by atoms with van der Waals surface area (Å²) >= 11 is 6.72. The highest BCUT2D eigenvalue weighted by Crippen LogP contribution is 2.44. The molecule has 5 rings (SSSR count). The smallest absolute Gasteiger partial charge is 0.230 e. The van der Waals surface area contributed by atoms with Crippen molar-refractivity contribution in [2.75, 3.05) is 31.6 Å². The maximum Gasteiger partial charge on any atom is 0.230 e. The summed E-state index contributed by atoms with van der Waals surface area (Å²) in [4.78, 5) is 22.6. The van der Waals surface area contributed by atoms with Crippen LogP contribution in [0.4, 0.5) is 5.82 Å². The molecule has 1 saturated carbocycles. The van der Waals surface area contributed by atoms with Crippen molar-refractivity contribution < 1.29 is 14.6 Å². The first kappa shape index (κ1) is 22.5. The largest absolute Gasteiger partial charge is 0.497 e. The predicted molar refractivity (Wildman–Crippen MR) is 130 cm³/mol. The van der Waals surface area contributed by atoms with Crippen LogP contribution < -0.4 is 9.64 Å². The lowest BCUT2D eigenvalue weighted by atomic mass is 9.78. The summed E-state index contributed by atoms with van der Waals surface area (Å²) in [6, 6.07) is 10.1. The van der Waals surface area contributed by atoms with Crippen LogP contribution in [0.2, 0.25) is 5.02 Å². The van der Waals surface area contributed by atoms with E-state index >= 15 is 0 Å². The van der Waals surface area contributed by atoms with Gasteiger partial charge in [-0.1, -0.05) is 23.7 Å². The lowest BCUT2D eigenvalue weighted by Gasteiger charge is -2.41. The number of amides is 1. The number of nitrogens with zero attached hydrogens (tertiary/aromatic N) is 3. The predicted octanol–water partition coefficient (Wildman–Crippen LogP) is 4.53. The van der Waals surface area contributed by atoms with Crippen LogP contribution in [0.3, 0.4) is 0 Å². The fourth-order valence-electron chi connectivity index (χ4n) is 5.86. The quantitative estimate of drug-likeness (QED) is 0.712. The normalized spacial score (nSPS) is 27.9. The Hall–Kier alpha value is -2.31. The minimum atomic E-state index is -0.339. The number of aromatic nitrogens is 1. The first-order valence-electron chi connectivity index (χ1n) is 12.0. The van der Waals surface area contributed by atoms with Crippen LogP contribution in [0.15, 0.2) is 36.5 Å². The van der Waals surface area contributed by atoms with Crippen LogP contribution in [0.25, 0.3) is 11.1 Å². The van der Waals surface area contributed by atoms with Gasteiger partial charge in [0.15, 0.2) is 0 Å². The topological polar surface area (TPSA) is 65.9 Å². The van der Waals surface area contributed by atoms with E-state index in [4.69, 9.17) is 21.3 Å². The van der Waals surface area contributed by atoms with Gasteiger partial charge in [0.25, 0.3) is 0 Å². The Morgan fingerprint density at radius 2 is 1.85 bits per heavy atom. The molecule has 2 saturated heterocycles. The molecular formula is C26H32ClN3O3. The van der Waals surface area contributed by atoms with E-state index in [0.29, 0.717) is 17.5 Å². The summed E-state index contributed by atoms with van der Waals surface area (Å²) in [5.74, 6) is 1.87. The number of hydrogen-bond donors (Lipinski definition) is 1.